The summed E-state index contributed by atoms with van der Waals surface area (Å²) >= 11 is 0. The van der Waals surface area contributed by atoms with Crippen LogP contribution in [-0.2, 0) is 12.6 Å². The molecule has 116 valence electrons. The molecule has 22 heavy (non-hydrogen) atoms. The highest BCUT2D eigenvalue weighted by atomic mass is 19.4. The van der Waals surface area contributed by atoms with Crippen molar-refractivity contribution in [3.05, 3.63) is 65.2 Å². The Hall–Kier alpha value is -2.30. The summed E-state index contributed by atoms with van der Waals surface area (Å²) < 4.78 is 44.0. The average Bonchev–Trinajstić information content (AvgIpc) is 2.48. The van der Waals surface area contributed by atoms with Crippen LogP contribution < -0.4 is 4.74 Å². The first kappa shape index (κ1) is 16.1. The minimum Gasteiger partial charge on any atom is -0.423 e. The molecular formula is C17H15F3O2. The quantitative estimate of drug-likeness (QED) is 0.594. The third-order valence-electron chi connectivity index (χ3n) is 3.15. The van der Waals surface area contributed by atoms with Crippen LogP contribution >= 0.6 is 0 Å². The summed E-state index contributed by atoms with van der Waals surface area (Å²) in [5, 5.41) is 0. The van der Waals surface area contributed by atoms with E-state index in [4.69, 9.17) is 4.74 Å². The van der Waals surface area contributed by atoms with E-state index in [2.05, 4.69) is 0 Å². The van der Waals surface area contributed by atoms with Gasteiger partial charge in [0.25, 0.3) is 0 Å². The maximum Gasteiger partial charge on any atom is 0.417 e. The predicted octanol–water partition coefficient (Wildman–Crippen LogP) is 4.88. The molecular weight excluding hydrogens is 293 g/mol. The Morgan fingerprint density at radius 2 is 1.68 bits per heavy atom. The maximum atomic E-state index is 12.9. The molecule has 0 saturated heterocycles. The van der Waals surface area contributed by atoms with Gasteiger partial charge in [-0.15, -0.1) is 0 Å². The molecule has 0 amide bonds. The summed E-state index contributed by atoms with van der Waals surface area (Å²) in [6, 6.07) is 11.5. The van der Waals surface area contributed by atoms with Crippen molar-refractivity contribution in [2.45, 2.75) is 25.9 Å². The number of ether oxygens (including phenoxy) is 1. The molecule has 0 saturated carbocycles. The number of benzene rings is 2. The Morgan fingerprint density at radius 3 is 2.36 bits per heavy atom. The first-order chi connectivity index (χ1) is 10.4. The molecule has 0 aliphatic heterocycles. The number of rotatable bonds is 4. The van der Waals surface area contributed by atoms with E-state index in [0.29, 0.717) is 12.2 Å². The van der Waals surface area contributed by atoms with E-state index in [-0.39, 0.29) is 0 Å². The van der Waals surface area contributed by atoms with Crippen molar-refractivity contribution in [2.75, 3.05) is 0 Å². The number of esters is 1. The average molecular weight is 308 g/mol. The fraction of sp³-hybridized carbons (Fsp3) is 0.235. The minimum atomic E-state index is -4.60. The highest BCUT2D eigenvalue weighted by molar-refractivity contribution is 5.93. The van der Waals surface area contributed by atoms with Crippen molar-refractivity contribution >= 4 is 5.97 Å². The van der Waals surface area contributed by atoms with Crippen molar-refractivity contribution in [1.29, 1.82) is 0 Å². The molecule has 0 radical (unpaired) electrons. The number of halogens is 3. The number of para-hydroxylation sites is 1. The number of hydrogen-bond donors (Lipinski definition) is 0. The Morgan fingerprint density at radius 1 is 1.05 bits per heavy atom. The standard InChI is InChI=1S/C17H15F3O2/c1-2-7-12-8-3-6-11-15(12)22-16(21)13-9-4-5-10-14(13)17(18,19)20/h3-6,8-11H,2,7H2,1H3. The van der Waals surface area contributed by atoms with Gasteiger partial charge in [-0.1, -0.05) is 43.7 Å². The van der Waals surface area contributed by atoms with Gasteiger partial charge in [0.15, 0.2) is 0 Å². The zero-order valence-corrected chi connectivity index (χ0v) is 12.0. The molecule has 2 aromatic carbocycles. The zero-order chi connectivity index (χ0) is 16.2. The lowest BCUT2D eigenvalue weighted by Crippen LogP contribution is -2.17. The second-order valence-electron chi connectivity index (χ2n) is 4.79. The largest absolute Gasteiger partial charge is 0.423 e. The number of hydrogen-bond acceptors (Lipinski definition) is 2. The normalized spacial score (nSPS) is 11.3. The molecule has 0 aliphatic carbocycles. The smallest absolute Gasteiger partial charge is 0.417 e. The third kappa shape index (κ3) is 3.67. The van der Waals surface area contributed by atoms with Gasteiger partial charge in [-0.25, -0.2) is 4.79 Å². The molecule has 0 atom stereocenters. The van der Waals surface area contributed by atoms with Crippen LogP contribution in [0.5, 0.6) is 5.75 Å². The first-order valence-corrected chi connectivity index (χ1v) is 6.89. The highest BCUT2D eigenvalue weighted by Crippen LogP contribution is 2.32. The molecule has 2 aromatic rings. The number of alkyl halides is 3. The molecule has 0 bridgehead atoms. The Kier molecular flexibility index (Phi) is 4.85. The molecule has 0 aromatic heterocycles. The minimum absolute atomic E-state index is 0.298. The van der Waals surface area contributed by atoms with Crippen LogP contribution in [0.3, 0.4) is 0 Å². The SMILES string of the molecule is CCCc1ccccc1OC(=O)c1ccccc1C(F)(F)F. The predicted molar refractivity (Wildman–Crippen MR) is 76.8 cm³/mol. The van der Waals surface area contributed by atoms with Crippen molar-refractivity contribution in [2.24, 2.45) is 0 Å². The van der Waals surface area contributed by atoms with Crippen molar-refractivity contribution in [3.63, 3.8) is 0 Å². The number of carbonyl (C=O) groups excluding carboxylic acids is 1. The summed E-state index contributed by atoms with van der Waals surface area (Å²) in [5.41, 5.74) is -0.683. The van der Waals surface area contributed by atoms with E-state index >= 15 is 0 Å². The summed E-state index contributed by atoms with van der Waals surface area (Å²) in [6.07, 6.45) is -3.07. The van der Waals surface area contributed by atoms with E-state index in [0.717, 1.165) is 24.1 Å². The van der Waals surface area contributed by atoms with Crippen molar-refractivity contribution in [1.82, 2.24) is 0 Å². The summed E-state index contributed by atoms with van der Waals surface area (Å²) in [4.78, 5) is 12.1. The van der Waals surface area contributed by atoms with Crippen LogP contribution in [0.4, 0.5) is 13.2 Å². The van der Waals surface area contributed by atoms with Crippen LogP contribution in [-0.4, -0.2) is 5.97 Å². The van der Waals surface area contributed by atoms with Gasteiger partial charge in [-0.05, 0) is 30.2 Å². The van der Waals surface area contributed by atoms with Gasteiger partial charge in [-0.2, -0.15) is 13.2 Å². The van der Waals surface area contributed by atoms with E-state index in [9.17, 15) is 18.0 Å². The van der Waals surface area contributed by atoms with Crippen molar-refractivity contribution in [3.8, 4) is 5.75 Å². The van der Waals surface area contributed by atoms with Crippen LogP contribution in [0.25, 0.3) is 0 Å². The van der Waals surface area contributed by atoms with Gasteiger partial charge in [-0.3, -0.25) is 0 Å². The van der Waals surface area contributed by atoms with Crippen LogP contribution in [0, 0.1) is 0 Å². The lowest BCUT2D eigenvalue weighted by atomic mass is 10.1. The second kappa shape index (κ2) is 6.64. The summed E-state index contributed by atoms with van der Waals surface area (Å²) in [6.45, 7) is 1.97. The monoisotopic (exact) mass is 308 g/mol. The van der Waals surface area contributed by atoms with Gasteiger partial charge in [0.05, 0.1) is 11.1 Å². The van der Waals surface area contributed by atoms with Crippen LogP contribution in [0.1, 0.15) is 34.8 Å². The van der Waals surface area contributed by atoms with Crippen molar-refractivity contribution < 1.29 is 22.7 Å². The van der Waals surface area contributed by atoms with E-state index in [1.165, 1.54) is 12.1 Å². The Bertz CT molecular complexity index is 663. The Labute approximate surface area is 126 Å². The maximum absolute atomic E-state index is 12.9. The third-order valence-corrected chi connectivity index (χ3v) is 3.15. The van der Waals surface area contributed by atoms with Crippen LogP contribution in [0.2, 0.25) is 0 Å². The lowest BCUT2D eigenvalue weighted by Gasteiger charge is -2.13. The molecule has 0 heterocycles. The lowest BCUT2D eigenvalue weighted by molar-refractivity contribution is -0.138. The molecule has 2 nitrogen and oxygen atoms in total. The van der Waals surface area contributed by atoms with Gasteiger partial charge in [0.1, 0.15) is 5.75 Å². The number of aryl methyl sites for hydroxylation is 1. The van der Waals surface area contributed by atoms with Gasteiger partial charge >= 0.3 is 12.1 Å². The number of carbonyl (C=O) groups is 1. The summed E-state index contributed by atoms with van der Waals surface area (Å²) in [5.74, 6) is -0.706. The molecule has 5 heteroatoms. The van der Waals surface area contributed by atoms with Gasteiger partial charge in [0.2, 0.25) is 0 Å². The zero-order valence-electron chi connectivity index (χ0n) is 12.0. The molecule has 2 rings (SSSR count). The van der Waals surface area contributed by atoms with E-state index in [1.54, 1.807) is 24.3 Å². The van der Waals surface area contributed by atoms with Gasteiger partial charge in [0, 0.05) is 0 Å². The summed E-state index contributed by atoms with van der Waals surface area (Å²) in [7, 11) is 0. The fourth-order valence-corrected chi connectivity index (χ4v) is 2.14. The fourth-order valence-electron chi connectivity index (χ4n) is 2.14. The second-order valence-corrected chi connectivity index (χ2v) is 4.79. The van der Waals surface area contributed by atoms with Crippen LogP contribution in [0.15, 0.2) is 48.5 Å². The molecule has 0 aliphatic rings. The molecule has 0 fully saturated rings. The van der Waals surface area contributed by atoms with Gasteiger partial charge < -0.3 is 4.74 Å². The van der Waals surface area contributed by atoms with E-state index in [1.807, 2.05) is 6.92 Å². The highest BCUT2D eigenvalue weighted by Gasteiger charge is 2.35. The molecule has 0 spiro atoms. The topological polar surface area (TPSA) is 26.3 Å². The first-order valence-electron chi connectivity index (χ1n) is 6.89. The Balaban J connectivity index is 2.31. The van der Waals surface area contributed by atoms with E-state index < -0.39 is 23.3 Å². The molecule has 0 N–H and O–H groups in total. The molecule has 0 unspecified atom stereocenters.